The minimum atomic E-state index is -0.420. The molecule has 1 heterocycles. The maximum atomic E-state index is 12.7. The van der Waals surface area contributed by atoms with Gasteiger partial charge in [-0.25, -0.2) is 9.82 Å². The van der Waals surface area contributed by atoms with E-state index >= 15 is 0 Å². The van der Waals surface area contributed by atoms with Crippen LogP contribution in [0, 0.1) is 5.82 Å². The first-order valence-electron chi connectivity index (χ1n) is 5.88. The second-order valence-corrected chi connectivity index (χ2v) is 4.01. The van der Waals surface area contributed by atoms with Crippen molar-refractivity contribution in [2.24, 2.45) is 5.10 Å². The molecule has 1 N–H and O–H groups in total. The zero-order valence-electron chi connectivity index (χ0n) is 10.5. The molecule has 0 radical (unpaired) electrons. The Morgan fingerprint density at radius 1 is 1.25 bits per heavy atom. The van der Waals surface area contributed by atoms with E-state index in [1.807, 2.05) is 0 Å². The number of rotatable bonds is 4. The van der Waals surface area contributed by atoms with Gasteiger partial charge in [-0.2, -0.15) is 5.10 Å². The molecule has 20 heavy (non-hydrogen) atoms. The van der Waals surface area contributed by atoms with Gasteiger partial charge >= 0.3 is 0 Å². The molecule has 2 rings (SSSR count). The van der Waals surface area contributed by atoms with E-state index in [4.69, 9.17) is 0 Å². The largest absolute Gasteiger partial charge is 0.306 e. The lowest BCUT2D eigenvalue weighted by Gasteiger charge is -2.02. The summed E-state index contributed by atoms with van der Waals surface area (Å²) in [4.78, 5) is 23.0. The van der Waals surface area contributed by atoms with Crippen LogP contribution in [0.1, 0.15) is 5.56 Å². The minimum Gasteiger partial charge on any atom is -0.306 e. The van der Waals surface area contributed by atoms with Crippen molar-refractivity contribution in [1.29, 1.82) is 0 Å². The Labute approximate surface area is 114 Å². The molecular weight excluding hydrogens is 261 g/mol. The first-order valence-corrected chi connectivity index (χ1v) is 5.88. The first kappa shape index (κ1) is 13.7. The van der Waals surface area contributed by atoms with Gasteiger partial charge in [-0.05, 0) is 23.8 Å². The van der Waals surface area contributed by atoms with E-state index in [0.717, 1.165) is 0 Å². The van der Waals surface area contributed by atoms with E-state index < -0.39 is 5.91 Å². The topological polar surface area (TPSA) is 63.5 Å². The Hall–Kier alpha value is -2.76. The Balaban J connectivity index is 1.91. The molecule has 0 saturated carbocycles. The number of carbonyl (C=O) groups is 1. The van der Waals surface area contributed by atoms with Crippen LogP contribution in [-0.4, -0.2) is 16.7 Å². The highest BCUT2D eigenvalue weighted by Gasteiger charge is 2.01. The minimum absolute atomic E-state index is 0.111. The molecule has 1 aromatic carbocycles. The van der Waals surface area contributed by atoms with Crippen molar-refractivity contribution in [3.8, 4) is 0 Å². The summed E-state index contributed by atoms with van der Waals surface area (Å²) in [6.45, 7) is -0.111. The van der Waals surface area contributed by atoms with Crippen molar-refractivity contribution >= 4 is 12.1 Å². The molecule has 6 heteroatoms. The number of pyridine rings is 1. The summed E-state index contributed by atoms with van der Waals surface area (Å²) >= 11 is 0. The monoisotopic (exact) mass is 273 g/mol. The van der Waals surface area contributed by atoms with Crippen LogP contribution in [0.2, 0.25) is 0 Å². The summed E-state index contributed by atoms with van der Waals surface area (Å²) in [5.41, 5.74) is 2.70. The van der Waals surface area contributed by atoms with Gasteiger partial charge in [0.05, 0.1) is 6.21 Å². The van der Waals surface area contributed by atoms with Crippen LogP contribution in [0.25, 0.3) is 0 Å². The Kier molecular flexibility index (Phi) is 4.39. The van der Waals surface area contributed by atoms with Crippen molar-refractivity contribution in [2.75, 3.05) is 0 Å². The van der Waals surface area contributed by atoms with Crippen LogP contribution >= 0.6 is 0 Å². The van der Waals surface area contributed by atoms with Gasteiger partial charge in [-0.15, -0.1) is 0 Å². The van der Waals surface area contributed by atoms with Crippen LogP contribution in [-0.2, 0) is 11.3 Å². The molecule has 0 aliphatic heterocycles. The normalized spacial score (nSPS) is 10.7. The van der Waals surface area contributed by atoms with Crippen LogP contribution in [0.4, 0.5) is 4.39 Å². The van der Waals surface area contributed by atoms with E-state index in [9.17, 15) is 14.0 Å². The van der Waals surface area contributed by atoms with Crippen LogP contribution < -0.4 is 11.0 Å². The summed E-state index contributed by atoms with van der Waals surface area (Å²) in [6, 6.07) is 10.3. The molecule has 0 unspecified atom stereocenters. The lowest BCUT2D eigenvalue weighted by molar-refractivity contribution is -0.121. The summed E-state index contributed by atoms with van der Waals surface area (Å²) in [5, 5.41) is 3.73. The smallest absolute Gasteiger partial charge is 0.260 e. The number of amides is 1. The van der Waals surface area contributed by atoms with Crippen molar-refractivity contribution < 1.29 is 9.18 Å². The number of nitrogens with one attached hydrogen (secondary N) is 1. The number of hydrogen-bond donors (Lipinski definition) is 1. The third kappa shape index (κ3) is 3.88. The van der Waals surface area contributed by atoms with Crippen LogP contribution in [0.15, 0.2) is 58.6 Å². The fourth-order valence-corrected chi connectivity index (χ4v) is 1.51. The zero-order chi connectivity index (χ0) is 14.4. The van der Waals surface area contributed by atoms with Gasteiger partial charge in [0.15, 0.2) is 0 Å². The summed E-state index contributed by atoms with van der Waals surface area (Å²) in [6.07, 6.45) is 2.91. The maximum absolute atomic E-state index is 12.7. The maximum Gasteiger partial charge on any atom is 0.260 e. The second kappa shape index (κ2) is 6.42. The summed E-state index contributed by atoms with van der Waals surface area (Å²) < 4.78 is 13.9. The van der Waals surface area contributed by atoms with Gasteiger partial charge < -0.3 is 4.57 Å². The molecule has 1 amide bonds. The highest BCUT2D eigenvalue weighted by Crippen LogP contribution is 1.99. The first-order chi connectivity index (χ1) is 9.65. The number of hydrazone groups is 1. The van der Waals surface area contributed by atoms with Gasteiger partial charge in [-0.3, -0.25) is 9.59 Å². The third-order valence-electron chi connectivity index (χ3n) is 2.49. The predicted molar refractivity (Wildman–Crippen MR) is 72.8 cm³/mol. The fraction of sp³-hybridized carbons (Fsp3) is 0.0714. The number of halogens is 1. The highest BCUT2D eigenvalue weighted by atomic mass is 19.1. The average Bonchev–Trinajstić information content (AvgIpc) is 2.44. The predicted octanol–water partition coefficient (Wildman–Crippen LogP) is 1.14. The summed E-state index contributed by atoms with van der Waals surface area (Å²) in [5.74, 6) is -0.758. The SMILES string of the molecule is O=C(Cn1ccccc1=O)N/N=C\c1ccc(F)cc1. The molecule has 1 aromatic heterocycles. The molecule has 5 nitrogen and oxygen atoms in total. The molecule has 0 aliphatic carbocycles. The molecule has 0 spiro atoms. The Morgan fingerprint density at radius 2 is 2.00 bits per heavy atom. The van der Waals surface area contributed by atoms with E-state index in [1.165, 1.54) is 47.3 Å². The van der Waals surface area contributed by atoms with Gasteiger partial charge in [0.25, 0.3) is 11.5 Å². The van der Waals surface area contributed by atoms with Crippen molar-refractivity contribution in [3.05, 3.63) is 70.4 Å². The number of carbonyl (C=O) groups excluding carboxylic acids is 1. The zero-order valence-corrected chi connectivity index (χ0v) is 10.5. The van der Waals surface area contributed by atoms with Crippen LogP contribution in [0.5, 0.6) is 0 Å². The van der Waals surface area contributed by atoms with Gasteiger partial charge in [0, 0.05) is 12.3 Å². The summed E-state index contributed by atoms with van der Waals surface area (Å²) in [7, 11) is 0. The fourth-order valence-electron chi connectivity index (χ4n) is 1.51. The quantitative estimate of drug-likeness (QED) is 0.670. The van der Waals surface area contributed by atoms with Gasteiger partial charge in [0.2, 0.25) is 0 Å². The lowest BCUT2D eigenvalue weighted by Crippen LogP contribution is -2.28. The van der Waals surface area contributed by atoms with E-state index in [2.05, 4.69) is 10.5 Å². The Bertz CT molecular complexity index is 677. The van der Waals surface area contributed by atoms with Gasteiger partial charge in [0.1, 0.15) is 12.4 Å². The average molecular weight is 273 g/mol. The molecule has 0 saturated heterocycles. The third-order valence-corrected chi connectivity index (χ3v) is 2.49. The van der Waals surface area contributed by atoms with Gasteiger partial charge in [-0.1, -0.05) is 18.2 Å². The molecule has 0 aliphatic rings. The van der Waals surface area contributed by atoms with E-state index in [1.54, 1.807) is 12.1 Å². The standard InChI is InChI=1S/C14H12FN3O2/c15-12-6-4-11(5-7-12)9-16-17-13(19)10-18-8-2-1-3-14(18)20/h1-9H,10H2,(H,17,19)/b16-9-. The van der Waals surface area contributed by atoms with Crippen molar-refractivity contribution in [3.63, 3.8) is 0 Å². The molecule has 0 fully saturated rings. The second-order valence-electron chi connectivity index (χ2n) is 4.01. The molecule has 2 aromatic rings. The number of aromatic nitrogens is 1. The number of benzene rings is 1. The molecular formula is C14H12FN3O2. The molecule has 102 valence electrons. The van der Waals surface area contributed by atoms with Crippen LogP contribution in [0.3, 0.4) is 0 Å². The molecule has 0 atom stereocenters. The lowest BCUT2D eigenvalue weighted by atomic mass is 10.2. The van der Waals surface area contributed by atoms with E-state index in [-0.39, 0.29) is 17.9 Å². The molecule has 0 bridgehead atoms. The van der Waals surface area contributed by atoms with Crippen molar-refractivity contribution in [2.45, 2.75) is 6.54 Å². The highest BCUT2D eigenvalue weighted by molar-refractivity contribution is 5.82. The Morgan fingerprint density at radius 3 is 2.70 bits per heavy atom. The number of nitrogens with zero attached hydrogens (tertiary/aromatic N) is 2. The van der Waals surface area contributed by atoms with Crippen molar-refractivity contribution in [1.82, 2.24) is 9.99 Å². The van der Waals surface area contributed by atoms with E-state index in [0.29, 0.717) is 5.56 Å². The number of hydrogen-bond acceptors (Lipinski definition) is 3.